The normalized spacial score (nSPS) is 13.4. The zero-order valence-corrected chi connectivity index (χ0v) is 11.1. The fourth-order valence-electron chi connectivity index (χ4n) is 2.39. The first-order chi connectivity index (χ1) is 9.16. The second-order valence-electron chi connectivity index (χ2n) is 4.90. The van der Waals surface area contributed by atoms with Crippen LogP contribution in [0.1, 0.15) is 19.9 Å². The molecule has 0 saturated carbocycles. The van der Waals surface area contributed by atoms with E-state index in [0.717, 1.165) is 17.8 Å². The van der Waals surface area contributed by atoms with Gasteiger partial charge in [-0.25, -0.2) is 9.97 Å². The molecule has 2 aromatic heterocycles. The zero-order chi connectivity index (χ0) is 13.4. The molecule has 0 saturated heterocycles. The number of nitrogens with zero attached hydrogens (tertiary/aromatic N) is 3. The molecule has 2 aromatic rings. The molecule has 3 heterocycles. The summed E-state index contributed by atoms with van der Waals surface area (Å²) in [5.74, 6) is 0.307. The summed E-state index contributed by atoms with van der Waals surface area (Å²) >= 11 is 0. The van der Waals surface area contributed by atoms with Gasteiger partial charge in [0.1, 0.15) is 0 Å². The van der Waals surface area contributed by atoms with Crippen LogP contribution < -0.4 is 21.6 Å². The van der Waals surface area contributed by atoms with Crippen molar-refractivity contribution in [2.45, 2.75) is 19.9 Å². The second kappa shape index (κ2) is 4.42. The second-order valence-corrected chi connectivity index (χ2v) is 4.90. The van der Waals surface area contributed by atoms with E-state index < -0.39 is 0 Å². The van der Waals surface area contributed by atoms with Crippen LogP contribution in [0.25, 0.3) is 23.5 Å². The number of nitrogen functional groups attached to an aromatic ring is 1. The monoisotopic (exact) mass is 255 g/mol. The van der Waals surface area contributed by atoms with Crippen molar-refractivity contribution in [3.05, 3.63) is 29.0 Å². The predicted octanol–water partition coefficient (Wildman–Crippen LogP) is 0.230. The molecule has 0 fully saturated rings. The van der Waals surface area contributed by atoms with Gasteiger partial charge in [-0.05, 0) is 19.9 Å². The van der Waals surface area contributed by atoms with Gasteiger partial charge in [0.2, 0.25) is 5.95 Å². The number of nitrogens with two attached hydrogens (primary N) is 1. The Bertz CT molecular complexity index is 727. The quantitative estimate of drug-likeness (QED) is 0.806. The van der Waals surface area contributed by atoms with Crippen molar-refractivity contribution in [1.82, 2.24) is 19.9 Å². The molecule has 1 aliphatic rings. The predicted molar refractivity (Wildman–Crippen MR) is 76.4 cm³/mol. The molecule has 0 aliphatic carbocycles. The highest BCUT2D eigenvalue weighted by Gasteiger charge is 2.12. The minimum atomic E-state index is 0.307. The summed E-state index contributed by atoms with van der Waals surface area (Å²) in [4.78, 5) is 8.27. The highest BCUT2D eigenvalue weighted by atomic mass is 15.0. The Hall–Kier alpha value is -2.30. The van der Waals surface area contributed by atoms with Gasteiger partial charge in [0.15, 0.2) is 0 Å². The maximum absolute atomic E-state index is 5.68. The molecule has 0 spiro atoms. The van der Waals surface area contributed by atoms with E-state index in [1.54, 1.807) is 6.20 Å². The van der Waals surface area contributed by atoms with Crippen LogP contribution in [0.3, 0.4) is 0 Å². The maximum Gasteiger partial charge on any atom is 0.220 e. The van der Waals surface area contributed by atoms with Crippen molar-refractivity contribution in [2.24, 2.45) is 0 Å². The summed E-state index contributed by atoms with van der Waals surface area (Å²) in [5, 5.41) is 5.66. The van der Waals surface area contributed by atoms with Gasteiger partial charge in [-0.15, -0.1) is 0 Å². The molecule has 3 N–H and O–H groups in total. The SMILES string of the molecule is CC(C)n1cc(-c2ccnc(N)n2)c2c1=CNCC=2. The van der Waals surface area contributed by atoms with E-state index in [9.17, 15) is 0 Å². The van der Waals surface area contributed by atoms with E-state index in [1.165, 1.54) is 10.6 Å². The van der Waals surface area contributed by atoms with Gasteiger partial charge in [-0.2, -0.15) is 0 Å². The first kappa shape index (κ1) is 11.8. The van der Waals surface area contributed by atoms with Crippen LogP contribution in [0.5, 0.6) is 0 Å². The highest BCUT2D eigenvalue weighted by molar-refractivity contribution is 5.63. The molecular formula is C14H17N5. The molecule has 98 valence electrons. The van der Waals surface area contributed by atoms with Gasteiger partial charge in [0.05, 0.1) is 11.0 Å². The van der Waals surface area contributed by atoms with Crippen molar-refractivity contribution in [3.63, 3.8) is 0 Å². The fraction of sp³-hybridized carbons (Fsp3) is 0.286. The Balaban J connectivity index is 2.29. The Labute approximate surface area is 111 Å². The van der Waals surface area contributed by atoms with Crippen molar-refractivity contribution in [2.75, 3.05) is 12.3 Å². The number of anilines is 1. The first-order valence-corrected chi connectivity index (χ1v) is 6.40. The molecular weight excluding hydrogens is 238 g/mol. The number of fused-ring (bicyclic) bond motifs is 1. The standard InChI is InChI=1S/C14H17N5/c1-9(2)19-8-11(10-3-5-16-7-13(10)19)12-4-6-17-14(15)18-12/h3-4,6-9,16H,5H2,1-2H3,(H2,15,17,18). The molecule has 19 heavy (non-hydrogen) atoms. The van der Waals surface area contributed by atoms with Crippen molar-refractivity contribution < 1.29 is 0 Å². The van der Waals surface area contributed by atoms with Crippen molar-refractivity contribution in [1.29, 1.82) is 0 Å². The van der Waals surface area contributed by atoms with E-state index in [1.807, 2.05) is 6.07 Å². The Kier molecular flexibility index (Phi) is 2.74. The van der Waals surface area contributed by atoms with E-state index in [2.05, 4.69) is 52.2 Å². The molecule has 1 aliphatic heterocycles. The highest BCUT2D eigenvalue weighted by Crippen LogP contribution is 2.14. The average Bonchev–Trinajstić information content (AvgIpc) is 2.78. The van der Waals surface area contributed by atoms with E-state index in [4.69, 9.17) is 5.73 Å². The van der Waals surface area contributed by atoms with Crippen molar-refractivity contribution >= 4 is 18.2 Å². The summed E-state index contributed by atoms with van der Waals surface area (Å²) in [6.07, 6.45) is 8.07. The lowest BCUT2D eigenvalue weighted by Crippen LogP contribution is -2.37. The lowest BCUT2D eigenvalue weighted by molar-refractivity contribution is 0.586. The molecule has 0 bridgehead atoms. The molecule has 0 atom stereocenters. The minimum Gasteiger partial charge on any atom is -0.386 e. The lowest BCUT2D eigenvalue weighted by Gasteiger charge is -2.09. The van der Waals surface area contributed by atoms with Gasteiger partial charge in [0.25, 0.3) is 0 Å². The molecule has 0 unspecified atom stereocenters. The number of rotatable bonds is 2. The van der Waals surface area contributed by atoms with Gasteiger partial charge in [0, 0.05) is 42.0 Å². The fourth-order valence-corrected chi connectivity index (χ4v) is 2.39. The van der Waals surface area contributed by atoms with Crippen LogP contribution in [0.15, 0.2) is 18.5 Å². The first-order valence-electron chi connectivity index (χ1n) is 6.40. The van der Waals surface area contributed by atoms with Crippen LogP contribution in [0.4, 0.5) is 5.95 Å². The molecule has 0 aromatic carbocycles. The van der Waals surface area contributed by atoms with Gasteiger partial charge >= 0.3 is 0 Å². The molecule has 3 rings (SSSR count). The molecule has 5 heteroatoms. The third-order valence-corrected chi connectivity index (χ3v) is 3.28. The molecule has 0 radical (unpaired) electrons. The third-order valence-electron chi connectivity index (χ3n) is 3.28. The Morgan fingerprint density at radius 1 is 1.42 bits per heavy atom. The summed E-state index contributed by atoms with van der Waals surface area (Å²) < 4.78 is 2.24. The summed E-state index contributed by atoms with van der Waals surface area (Å²) in [7, 11) is 0. The summed E-state index contributed by atoms with van der Waals surface area (Å²) in [5.41, 5.74) is 7.66. The Morgan fingerprint density at radius 3 is 3.00 bits per heavy atom. The molecule has 5 nitrogen and oxygen atoms in total. The molecule has 0 amide bonds. The van der Waals surface area contributed by atoms with Crippen LogP contribution in [0.2, 0.25) is 0 Å². The summed E-state index contributed by atoms with van der Waals surface area (Å²) in [6.45, 7) is 5.17. The van der Waals surface area contributed by atoms with E-state index >= 15 is 0 Å². The average molecular weight is 255 g/mol. The topological polar surface area (TPSA) is 68.8 Å². The zero-order valence-electron chi connectivity index (χ0n) is 11.1. The van der Waals surface area contributed by atoms with E-state index in [-0.39, 0.29) is 0 Å². The maximum atomic E-state index is 5.68. The van der Waals surface area contributed by atoms with Crippen LogP contribution in [-0.4, -0.2) is 21.1 Å². The number of nitrogens with one attached hydrogen (secondary N) is 1. The van der Waals surface area contributed by atoms with Crippen LogP contribution in [-0.2, 0) is 0 Å². The third kappa shape index (κ3) is 1.97. The van der Waals surface area contributed by atoms with E-state index in [0.29, 0.717) is 12.0 Å². The number of hydrogen-bond donors (Lipinski definition) is 2. The van der Waals surface area contributed by atoms with Gasteiger partial charge in [-0.3, -0.25) is 0 Å². The van der Waals surface area contributed by atoms with Gasteiger partial charge < -0.3 is 15.6 Å². The van der Waals surface area contributed by atoms with Crippen molar-refractivity contribution in [3.8, 4) is 11.3 Å². The smallest absolute Gasteiger partial charge is 0.220 e. The lowest BCUT2D eigenvalue weighted by atomic mass is 10.1. The van der Waals surface area contributed by atoms with Crippen LogP contribution in [0, 0.1) is 0 Å². The minimum absolute atomic E-state index is 0.307. The Morgan fingerprint density at radius 2 is 2.26 bits per heavy atom. The largest absolute Gasteiger partial charge is 0.386 e. The number of aromatic nitrogens is 3. The van der Waals surface area contributed by atoms with Gasteiger partial charge in [-0.1, -0.05) is 6.08 Å². The van der Waals surface area contributed by atoms with Crippen LogP contribution >= 0.6 is 0 Å². The number of hydrogen-bond acceptors (Lipinski definition) is 4. The summed E-state index contributed by atoms with van der Waals surface area (Å²) in [6, 6.07) is 2.29.